The molecule has 0 aliphatic rings. The molecule has 0 saturated heterocycles. The summed E-state index contributed by atoms with van der Waals surface area (Å²) in [4.78, 5) is 10.8. The third-order valence-electron chi connectivity index (χ3n) is 2.54. The molecule has 16 heavy (non-hydrogen) atoms. The molecule has 0 spiro atoms. The van der Waals surface area contributed by atoms with Crippen molar-refractivity contribution in [3.05, 3.63) is 40.5 Å². The minimum Gasteiger partial charge on any atom is -0.296 e. The van der Waals surface area contributed by atoms with Crippen LogP contribution in [0.3, 0.4) is 0 Å². The van der Waals surface area contributed by atoms with Gasteiger partial charge in [0.25, 0.3) is 0 Å². The molecule has 1 aromatic carbocycles. The van der Waals surface area contributed by atoms with Gasteiger partial charge in [-0.3, -0.25) is 9.48 Å². The van der Waals surface area contributed by atoms with Gasteiger partial charge in [0.1, 0.15) is 11.4 Å². The van der Waals surface area contributed by atoms with Crippen LogP contribution in [0.1, 0.15) is 16.1 Å². The van der Waals surface area contributed by atoms with Crippen molar-refractivity contribution in [2.75, 3.05) is 0 Å². The highest BCUT2D eigenvalue weighted by molar-refractivity contribution is 6.35. The number of hydrogen-bond donors (Lipinski definition) is 0. The third-order valence-corrected chi connectivity index (χ3v) is 2.92. The Bertz CT molecular complexity index is 546. The van der Waals surface area contributed by atoms with Crippen molar-refractivity contribution < 1.29 is 4.79 Å². The summed E-state index contributed by atoms with van der Waals surface area (Å²) in [6, 6.07) is 7.81. The molecular weight excluding hydrogens is 224 g/mol. The standard InChI is InChI=1S/C12H11ClN2O/c1-8-5-3-4-6-9(8)12-11(13)10(7-16)15(2)14-12/h3-7H,1-2H3. The highest BCUT2D eigenvalue weighted by atomic mass is 35.5. The van der Waals surface area contributed by atoms with Gasteiger partial charge in [0, 0.05) is 12.6 Å². The van der Waals surface area contributed by atoms with Crippen LogP contribution in [0.4, 0.5) is 0 Å². The number of halogens is 1. The largest absolute Gasteiger partial charge is 0.296 e. The molecule has 0 unspecified atom stereocenters. The Labute approximate surface area is 98.7 Å². The average Bonchev–Trinajstić information content (AvgIpc) is 2.55. The van der Waals surface area contributed by atoms with Gasteiger partial charge in [0.2, 0.25) is 0 Å². The molecule has 0 radical (unpaired) electrons. The molecule has 2 rings (SSSR count). The number of benzene rings is 1. The summed E-state index contributed by atoms with van der Waals surface area (Å²) in [6.45, 7) is 1.99. The van der Waals surface area contributed by atoms with Crippen molar-refractivity contribution in [2.24, 2.45) is 7.05 Å². The van der Waals surface area contributed by atoms with Crippen molar-refractivity contribution in [3.63, 3.8) is 0 Å². The zero-order valence-electron chi connectivity index (χ0n) is 9.07. The molecule has 3 nitrogen and oxygen atoms in total. The molecule has 0 amide bonds. The van der Waals surface area contributed by atoms with Crippen molar-refractivity contribution in [1.82, 2.24) is 9.78 Å². The van der Waals surface area contributed by atoms with E-state index in [4.69, 9.17) is 11.6 Å². The minimum atomic E-state index is 0.403. The van der Waals surface area contributed by atoms with E-state index in [1.165, 1.54) is 4.68 Å². The molecule has 1 heterocycles. The van der Waals surface area contributed by atoms with Crippen LogP contribution in [-0.2, 0) is 7.05 Å². The Balaban J connectivity index is 2.66. The van der Waals surface area contributed by atoms with E-state index in [1.54, 1.807) is 7.05 Å². The summed E-state index contributed by atoms with van der Waals surface area (Å²) in [5, 5.41) is 4.67. The second kappa shape index (κ2) is 4.10. The number of rotatable bonds is 2. The highest BCUT2D eigenvalue weighted by Crippen LogP contribution is 2.30. The second-order valence-electron chi connectivity index (χ2n) is 3.60. The quantitative estimate of drug-likeness (QED) is 0.749. The topological polar surface area (TPSA) is 34.9 Å². The molecule has 82 valence electrons. The summed E-state index contributed by atoms with van der Waals surface area (Å²) in [7, 11) is 1.71. The predicted molar refractivity (Wildman–Crippen MR) is 63.8 cm³/mol. The van der Waals surface area contributed by atoms with E-state index < -0.39 is 0 Å². The Morgan fingerprint density at radius 1 is 1.38 bits per heavy atom. The van der Waals surface area contributed by atoms with E-state index in [1.807, 2.05) is 31.2 Å². The number of carbonyl (C=O) groups excluding carboxylic acids is 1. The number of nitrogens with zero attached hydrogens (tertiary/aromatic N) is 2. The van der Waals surface area contributed by atoms with Gasteiger partial charge in [-0.1, -0.05) is 35.9 Å². The summed E-state index contributed by atoms with van der Waals surface area (Å²) in [5.41, 5.74) is 3.10. The molecule has 1 aromatic heterocycles. The van der Waals surface area contributed by atoms with Crippen LogP contribution >= 0.6 is 11.6 Å². The van der Waals surface area contributed by atoms with Crippen LogP contribution in [0.15, 0.2) is 24.3 Å². The molecule has 4 heteroatoms. The smallest absolute Gasteiger partial charge is 0.169 e. The van der Waals surface area contributed by atoms with Gasteiger partial charge < -0.3 is 0 Å². The van der Waals surface area contributed by atoms with Gasteiger partial charge in [-0.25, -0.2) is 0 Å². The predicted octanol–water partition coefficient (Wildman–Crippen LogP) is 2.86. The van der Waals surface area contributed by atoms with Crippen molar-refractivity contribution in [3.8, 4) is 11.3 Å². The highest BCUT2D eigenvalue weighted by Gasteiger charge is 2.16. The first kappa shape index (κ1) is 10.9. The van der Waals surface area contributed by atoms with E-state index in [-0.39, 0.29) is 0 Å². The van der Waals surface area contributed by atoms with Gasteiger partial charge >= 0.3 is 0 Å². The van der Waals surface area contributed by atoms with E-state index in [9.17, 15) is 4.79 Å². The lowest BCUT2D eigenvalue weighted by Crippen LogP contribution is -1.96. The van der Waals surface area contributed by atoms with Gasteiger partial charge in [-0.15, -0.1) is 0 Å². The van der Waals surface area contributed by atoms with Crippen LogP contribution in [0.2, 0.25) is 5.02 Å². The lowest BCUT2D eigenvalue weighted by molar-refractivity contribution is 0.111. The molecule has 0 aliphatic heterocycles. The normalized spacial score (nSPS) is 10.4. The Hall–Kier alpha value is -1.61. The summed E-state index contributed by atoms with van der Waals surface area (Å²) >= 11 is 6.12. The minimum absolute atomic E-state index is 0.403. The number of aromatic nitrogens is 2. The number of aldehydes is 1. The van der Waals surface area contributed by atoms with Crippen molar-refractivity contribution >= 4 is 17.9 Å². The SMILES string of the molecule is Cc1ccccc1-c1nn(C)c(C=O)c1Cl. The fourth-order valence-electron chi connectivity index (χ4n) is 1.65. The van der Waals surface area contributed by atoms with E-state index in [0.29, 0.717) is 16.4 Å². The maximum Gasteiger partial charge on any atom is 0.169 e. The monoisotopic (exact) mass is 234 g/mol. The van der Waals surface area contributed by atoms with E-state index in [0.717, 1.165) is 17.4 Å². The molecular formula is C12H11ClN2O. The number of hydrogen-bond acceptors (Lipinski definition) is 2. The van der Waals surface area contributed by atoms with Crippen LogP contribution in [0.5, 0.6) is 0 Å². The number of aryl methyl sites for hydroxylation is 2. The fraction of sp³-hybridized carbons (Fsp3) is 0.167. The van der Waals surface area contributed by atoms with Crippen molar-refractivity contribution in [1.29, 1.82) is 0 Å². The summed E-state index contributed by atoms with van der Waals surface area (Å²) < 4.78 is 1.50. The second-order valence-corrected chi connectivity index (χ2v) is 3.98. The maximum atomic E-state index is 10.8. The van der Waals surface area contributed by atoms with Crippen LogP contribution in [-0.4, -0.2) is 16.1 Å². The van der Waals surface area contributed by atoms with Crippen LogP contribution in [0, 0.1) is 6.92 Å². The zero-order valence-corrected chi connectivity index (χ0v) is 9.82. The number of carbonyl (C=O) groups is 1. The molecule has 0 fully saturated rings. The Kier molecular flexibility index (Phi) is 2.79. The molecule has 0 N–H and O–H groups in total. The zero-order chi connectivity index (χ0) is 11.7. The summed E-state index contributed by atoms with van der Waals surface area (Å²) in [5.74, 6) is 0. The first-order valence-electron chi connectivity index (χ1n) is 4.89. The van der Waals surface area contributed by atoms with Gasteiger partial charge in [0.15, 0.2) is 6.29 Å². The Morgan fingerprint density at radius 3 is 2.62 bits per heavy atom. The fourth-order valence-corrected chi connectivity index (χ4v) is 1.96. The lowest BCUT2D eigenvalue weighted by Gasteiger charge is -2.01. The molecule has 0 bridgehead atoms. The van der Waals surface area contributed by atoms with Crippen molar-refractivity contribution in [2.45, 2.75) is 6.92 Å². The maximum absolute atomic E-state index is 10.8. The molecule has 2 aromatic rings. The molecule has 0 aliphatic carbocycles. The summed E-state index contributed by atoms with van der Waals surface area (Å²) in [6.07, 6.45) is 0.719. The van der Waals surface area contributed by atoms with Gasteiger partial charge in [0.05, 0.1) is 5.02 Å². The Morgan fingerprint density at radius 2 is 2.06 bits per heavy atom. The van der Waals surface area contributed by atoms with Gasteiger partial charge in [-0.05, 0) is 12.5 Å². The third kappa shape index (κ3) is 1.63. The van der Waals surface area contributed by atoms with E-state index in [2.05, 4.69) is 5.10 Å². The van der Waals surface area contributed by atoms with Crippen LogP contribution in [0.25, 0.3) is 11.3 Å². The average molecular weight is 235 g/mol. The lowest BCUT2D eigenvalue weighted by atomic mass is 10.1. The van der Waals surface area contributed by atoms with E-state index >= 15 is 0 Å². The molecule has 0 atom stereocenters. The molecule has 0 saturated carbocycles. The first-order chi connectivity index (χ1) is 7.65. The first-order valence-corrected chi connectivity index (χ1v) is 5.26. The van der Waals surface area contributed by atoms with Crippen LogP contribution < -0.4 is 0 Å². The van der Waals surface area contributed by atoms with Gasteiger partial charge in [-0.2, -0.15) is 5.10 Å².